The summed E-state index contributed by atoms with van der Waals surface area (Å²) in [5, 5.41) is 6.96. The second-order valence-electron chi connectivity index (χ2n) is 5.56. The molecule has 8 heteroatoms. The van der Waals surface area contributed by atoms with Gasteiger partial charge in [0, 0.05) is 6.54 Å². The quantitative estimate of drug-likeness (QED) is 0.923. The van der Waals surface area contributed by atoms with Gasteiger partial charge in [-0.1, -0.05) is 18.6 Å². The maximum absolute atomic E-state index is 13.1. The minimum Gasteiger partial charge on any atom is -0.495 e. The summed E-state index contributed by atoms with van der Waals surface area (Å²) in [5.41, 5.74) is 0. The number of nitrogens with one attached hydrogen (secondary N) is 1. The zero-order valence-electron chi connectivity index (χ0n) is 13.2. The van der Waals surface area contributed by atoms with E-state index in [0.717, 1.165) is 12.8 Å². The smallest absolute Gasteiger partial charge is 0.247 e. The van der Waals surface area contributed by atoms with Crippen molar-refractivity contribution < 1.29 is 13.2 Å². The summed E-state index contributed by atoms with van der Waals surface area (Å²) in [7, 11) is -2.21. The number of aromatic amines is 1. The van der Waals surface area contributed by atoms with Gasteiger partial charge >= 0.3 is 0 Å². The highest BCUT2D eigenvalue weighted by Crippen LogP contribution is 2.36. The van der Waals surface area contributed by atoms with E-state index in [-0.39, 0.29) is 10.9 Å². The predicted molar refractivity (Wildman–Crippen MR) is 84.6 cm³/mol. The van der Waals surface area contributed by atoms with Gasteiger partial charge in [0.15, 0.2) is 5.82 Å². The first-order chi connectivity index (χ1) is 11.0. The van der Waals surface area contributed by atoms with E-state index in [0.29, 0.717) is 30.4 Å². The summed E-state index contributed by atoms with van der Waals surface area (Å²) in [6, 6.07) is 6.34. The van der Waals surface area contributed by atoms with E-state index in [4.69, 9.17) is 4.74 Å². The van der Waals surface area contributed by atoms with Crippen LogP contribution in [0.2, 0.25) is 0 Å². The van der Waals surface area contributed by atoms with Gasteiger partial charge in [0.05, 0.1) is 13.2 Å². The average molecular weight is 336 g/mol. The maximum atomic E-state index is 13.1. The van der Waals surface area contributed by atoms with Crippen LogP contribution in [0, 0.1) is 6.92 Å². The molecule has 0 spiro atoms. The van der Waals surface area contributed by atoms with Crippen LogP contribution >= 0.6 is 0 Å². The molecule has 1 N–H and O–H groups in total. The first-order valence-electron chi connectivity index (χ1n) is 7.58. The Labute approximate surface area is 135 Å². The molecule has 23 heavy (non-hydrogen) atoms. The number of aromatic nitrogens is 3. The molecule has 3 rings (SSSR count). The minimum absolute atomic E-state index is 0.182. The van der Waals surface area contributed by atoms with Gasteiger partial charge in [-0.2, -0.15) is 9.40 Å². The number of aryl methyl sites for hydroxylation is 1. The first-order valence-corrected chi connectivity index (χ1v) is 9.02. The molecule has 1 aliphatic rings. The third-order valence-electron chi connectivity index (χ3n) is 4.02. The van der Waals surface area contributed by atoms with E-state index in [1.54, 1.807) is 31.2 Å². The van der Waals surface area contributed by atoms with Crippen LogP contribution in [0.1, 0.15) is 37.0 Å². The van der Waals surface area contributed by atoms with Crippen molar-refractivity contribution in [3.8, 4) is 5.75 Å². The molecule has 0 saturated carbocycles. The lowest BCUT2D eigenvalue weighted by molar-refractivity contribution is 0.246. The van der Waals surface area contributed by atoms with Crippen LogP contribution in [-0.4, -0.2) is 41.6 Å². The van der Waals surface area contributed by atoms with E-state index < -0.39 is 10.0 Å². The molecule has 1 aliphatic heterocycles. The number of sulfonamides is 1. The third kappa shape index (κ3) is 2.96. The molecule has 0 amide bonds. The van der Waals surface area contributed by atoms with Gasteiger partial charge in [-0.15, -0.1) is 0 Å². The number of benzene rings is 1. The van der Waals surface area contributed by atoms with Gasteiger partial charge in [0.25, 0.3) is 0 Å². The number of hydrogen-bond acceptors (Lipinski definition) is 5. The molecule has 2 aromatic rings. The number of nitrogens with zero attached hydrogens (tertiary/aromatic N) is 3. The van der Waals surface area contributed by atoms with Crippen LogP contribution in [-0.2, 0) is 10.0 Å². The molecule has 124 valence electrons. The van der Waals surface area contributed by atoms with Gasteiger partial charge in [0.1, 0.15) is 16.5 Å². The summed E-state index contributed by atoms with van der Waals surface area (Å²) in [6.07, 6.45) is 2.50. The lowest BCUT2D eigenvalue weighted by atomic mass is 10.0. The van der Waals surface area contributed by atoms with Gasteiger partial charge in [-0.3, -0.25) is 5.10 Å². The third-order valence-corrected chi connectivity index (χ3v) is 5.97. The van der Waals surface area contributed by atoms with Crippen molar-refractivity contribution >= 4 is 10.0 Å². The van der Waals surface area contributed by atoms with Crippen LogP contribution in [0.25, 0.3) is 0 Å². The van der Waals surface area contributed by atoms with Crippen molar-refractivity contribution in [1.29, 1.82) is 0 Å². The summed E-state index contributed by atoms with van der Waals surface area (Å²) in [4.78, 5) is 4.51. The van der Waals surface area contributed by atoms with Crippen molar-refractivity contribution in [2.24, 2.45) is 0 Å². The fourth-order valence-electron chi connectivity index (χ4n) is 2.92. The van der Waals surface area contributed by atoms with Gasteiger partial charge < -0.3 is 4.74 Å². The van der Waals surface area contributed by atoms with Crippen LogP contribution in [0.15, 0.2) is 29.2 Å². The standard InChI is InChI=1S/C15H20N4O3S/c1-11-16-15(18-17-11)12-7-5-6-10-19(12)23(20,21)14-9-4-3-8-13(14)22-2/h3-4,8-9,12H,5-7,10H2,1-2H3,(H,16,17,18)/t12-/m0/s1. The molecule has 0 bridgehead atoms. The van der Waals surface area contributed by atoms with Crippen LogP contribution in [0.4, 0.5) is 0 Å². The summed E-state index contributed by atoms with van der Waals surface area (Å²) in [5.74, 6) is 1.56. The molecule has 1 aromatic heterocycles. The zero-order valence-corrected chi connectivity index (χ0v) is 14.0. The largest absolute Gasteiger partial charge is 0.495 e. The molecule has 1 atom stereocenters. The normalized spacial score (nSPS) is 19.7. The van der Waals surface area contributed by atoms with E-state index in [1.165, 1.54) is 11.4 Å². The van der Waals surface area contributed by atoms with Gasteiger partial charge in [0.2, 0.25) is 10.0 Å². The Balaban J connectivity index is 2.02. The summed E-state index contributed by atoms with van der Waals surface area (Å²) in [6.45, 7) is 2.26. The number of H-pyrrole nitrogens is 1. The molecule has 1 saturated heterocycles. The molecule has 0 aliphatic carbocycles. The molecule has 7 nitrogen and oxygen atoms in total. The van der Waals surface area contributed by atoms with Crippen molar-refractivity contribution in [2.75, 3.05) is 13.7 Å². The number of para-hydroxylation sites is 1. The molecule has 2 heterocycles. The highest BCUT2D eigenvalue weighted by molar-refractivity contribution is 7.89. The van der Waals surface area contributed by atoms with E-state index in [2.05, 4.69) is 15.2 Å². The van der Waals surface area contributed by atoms with E-state index in [1.807, 2.05) is 0 Å². The van der Waals surface area contributed by atoms with Crippen molar-refractivity contribution in [2.45, 2.75) is 37.1 Å². The van der Waals surface area contributed by atoms with Gasteiger partial charge in [-0.05, 0) is 31.9 Å². The highest BCUT2D eigenvalue weighted by atomic mass is 32.2. The highest BCUT2D eigenvalue weighted by Gasteiger charge is 2.37. The number of hydrogen-bond donors (Lipinski definition) is 1. The Morgan fingerprint density at radius 3 is 2.78 bits per heavy atom. The maximum Gasteiger partial charge on any atom is 0.247 e. The molecule has 1 aromatic carbocycles. The van der Waals surface area contributed by atoms with Crippen LogP contribution < -0.4 is 4.74 Å². The minimum atomic E-state index is -3.68. The van der Waals surface area contributed by atoms with Crippen molar-refractivity contribution in [3.05, 3.63) is 35.9 Å². The van der Waals surface area contributed by atoms with E-state index in [9.17, 15) is 8.42 Å². The number of piperidine rings is 1. The summed E-state index contributed by atoms with van der Waals surface area (Å²) < 4.78 is 33.0. The molecular formula is C15H20N4O3S. The Bertz CT molecular complexity index is 788. The second-order valence-corrected chi connectivity index (χ2v) is 7.42. The second kappa shape index (κ2) is 6.29. The molecule has 0 radical (unpaired) electrons. The SMILES string of the molecule is COc1ccccc1S(=O)(=O)N1CCCC[C@H]1c1n[nH]c(C)n1. The van der Waals surface area contributed by atoms with E-state index >= 15 is 0 Å². The Kier molecular flexibility index (Phi) is 4.36. The van der Waals surface area contributed by atoms with Gasteiger partial charge in [-0.25, -0.2) is 13.4 Å². The predicted octanol–water partition coefficient (Wildman–Crippen LogP) is 2.04. The molecule has 1 fully saturated rings. The number of rotatable bonds is 4. The van der Waals surface area contributed by atoms with Crippen LogP contribution in [0.5, 0.6) is 5.75 Å². The number of methoxy groups -OCH3 is 1. The molecule has 0 unspecified atom stereocenters. The van der Waals surface area contributed by atoms with Crippen molar-refractivity contribution in [3.63, 3.8) is 0 Å². The monoisotopic (exact) mass is 336 g/mol. The van der Waals surface area contributed by atoms with Crippen molar-refractivity contribution in [1.82, 2.24) is 19.5 Å². The average Bonchev–Trinajstić information content (AvgIpc) is 3.01. The van der Waals surface area contributed by atoms with Crippen LogP contribution in [0.3, 0.4) is 0 Å². The lowest BCUT2D eigenvalue weighted by Crippen LogP contribution is -2.39. The molecular weight excluding hydrogens is 316 g/mol. The fraction of sp³-hybridized carbons (Fsp3) is 0.467. The zero-order chi connectivity index (χ0) is 16.4. The fourth-order valence-corrected chi connectivity index (χ4v) is 4.73. The topological polar surface area (TPSA) is 88.2 Å². The first kappa shape index (κ1) is 15.9. The Hall–Kier alpha value is -1.93. The Morgan fingerprint density at radius 1 is 1.30 bits per heavy atom. The summed E-state index contributed by atoms with van der Waals surface area (Å²) >= 11 is 0. The Morgan fingerprint density at radius 2 is 2.09 bits per heavy atom. The lowest BCUT2D eigenvalue weighted by Gasteiger charge is -2.33. The number of ether oxygens (including phenoxy) is 1.